The number of rotatable bonds is 3. The van der Waals surface area contributed by atoms with E-state index in [-0.39, 0.29) is 18.7 Å². The molecule has 0 amide bonds. The highest BCUT2D eigenvalue weighted by molar-refractivity contribution is 5.69. The summed E-state index contributed by atoms with van der Waals surface area (Å²) in [6.45, 7) is 2.08. The van der Waals surface area contributed by atoms with Gasteiger partial charge in [-0.15, -0.1) is 0 Å². The van der Waals surface area contributed by atoms with Gasteiger partial charge in [0.1, 0.15) is 6.10 Å². The first-order valence-electron chi connectivity index (χ1n) is 5.06. The van der Waals surface area contributed by atoms with Crippen LogP contribution in [0.2, 0.25) is 0 Å². The minimum Gasteiger partial charge on any atom is -0.462 e. The summed E-state index contributed by atoms with van der Waals surface area (Å²) in [7, 11) is 0. The number of carbonyl (C=O) groups is 1. The maximum Gasteiger partial charge on any atom is 0.305 e. The van der Waals surface area contributed by atoms with Crippen molar-refractivity contribution >= 4 is 5.97 Å². The Labute approximate surface area is 79.1 Å². The van der Waals surface area contributed by atoms with Crippen LogP contribution in [0.3, 0.4) is 0 Å². The number of hydrogen-bond donors (Lipinski definition) is 1. The lowest BCUT2D eigenvalue weighted by atomic mass is 9.88. The van der Waals surface area contributed by atoms with Gasteiger partial charge in [-0.3, -0.25) is 4.79 Å². The fourth-order valence-corrected chi connectivity index (χ4v) is 1.70. The van der Waals surface area contributed by atoms with Gasteiger partial charge in [-0.05, 0) is 31.6 Å². The summed E-state index contributed by atoms with van der Waals surface area (Å²) in [5.41, 5.74) is 0. The molecule has 0 saturated heterocycles. The molecule has 0 aromatic carbocycles. The fraction of sp³-hybridized carbons (Fsp3) is 0.900. The van der Waals surface area contributed by atoms with Gasteiger partial charge in [-0.25, -0.2) is 0 Å². The topological polar surface area (TPSA) is 46.5 Å². The molecule has 0 heterocycles. The second-order valence-electron chi connectivity index (χ2n) is 3.67. The lowest BCUT2D eigenvalue weighted by molar-refractivity contribution is -0.150. The molecular weight excluding hydrogens is 168 g/mol. The van der Waals surface area contributed by atoms with E-state index in [4.69, 9.17) is 9.84 Å². The Morgan fingerprint density at radius 2 is 2.00 bits per heavy atom. The third-order valence-corrected chi connectivity index (χ3v) is 2.64. The van der Waals surface area contributed by atoms with E-state index in [1.165, 1.54) is 0 Å². The Balaban J connectivity index is 2.21. The Bertz CT molecular complexity index is 160. The minimum atomic E-state index is -0.104. The zero-order valence-corrected chi connectivity index (χ0v) is 8.16. The molecule has 0 spiro atoms. The molecule has 0 radical (unpaired) electrons. The van der Waals surface area contributed by atoms with Crippen molar-refractivity contribution in [2.24, 2.45) is 5.92 Å². The summed E-state index contributed by atoms with van der Waals surface area (Å²) in [6, 6.07) is 0. The Morgan fingerprint density at radius 1 is 1.38 bits per heavy atom. The van der Waals surface area contributed by atoms with E-state index in [0.29, 0.717) is 12.3 Å². The van der Waals surface area contributed by atoms with Gasteiger partial charge < -0.3 is 9.84 Å². The molecular formula is C10H18O3. The van der Waals surface area contributed by atoms with Gasteiger partial charge in [0.2, 0.25) is 0 Å². The SMILES string of the molecule is CCC(=O)OC1CCC(CO)CC1. The van der Waals surface area contributed by atoms with Crippen LogP contribution in [-0.2, 0) is 9.53 Å². The maximum atomic E-state index is 11.0. The Morgan fingerprint density at radius 3 is 2.46 bits per heavy atom. The molecule has 1 fully saturated rings. The summed E-state index contributed by atoms with van der Waals surface area (Å²) in [5.74, 6) is 0.323. The first-order chi connectivity index (χ1) is 6.26. The normalized spacial score (nSPS) is 28.5. The molecule has 3 heteroatoms. The molecule has 1 aliphatic rings. The average Bonchev–Trinajstić information content (AvgIpc) is 2.19. The third-order valence-electron chi connectivity index (χ3n) is 2.64. The van der Waals surface area contributed by atoms with Crippen molar-refractivity contribution in [3.8, 4) is 0 Å². The van der Waals surface area contributed by atoms with Crippen molar-refractivity contribution in [1.29, 1.82) is 0 Å². The standard InChI is InChI=1S/C10H18O3/c1-2-10(12)13-9-5-3-8(7-11)4-6-9/h8-9,11H,2-7H2,1H3. The Hall–Kier alpha value is -0.570. The zero-order valence-electron chi connectivity index (χ0n) is 8.16. The first kappa shape index (κ1) is 10.5. The van der Waals surface area contributed by atoms with Crippen LogP contribution in [0.15, 0.2) is 0 Å². The molecule has 0 unspecified atom stereocenters. The van der Waals surface area contributed by atoms with Crippen molar-refractivity contribution in [2.45, 2.75) is 45.1 Å². The van der Waals surface area contributed by atoms with E-state index >= 15 is 0 Å². The van der Waals surface area contributed by atoms with E-state index in [0.717, 1.165) is 25.7 Å². The van der Waals surface area contributed by atoms with Gasteiger partial charge in [0.15, 0.2) is 0 Å². The lowest BCUT2D eigenvalue weighted by Gasteiger charge is -2.26. The molecule has 1 N–H and O–H groups in total. The van der Waals surface area contributed by atoms with Crippen molar-refractivity contribution in [3.05, 3.63) is 0 Å². The predicted molar refractivity (Wildman–Crippen MR) is 49.2 cm³/mol. The largest absolute Gasteiger partial charge is 0.462 e. The summed E-state index contributed by atoms with van der Waals surface area (Å²) in [4.78, 5) is 11.0. The maximum absolute atomic E-state index is 11.0. The van der Waals surface area contributed by atoms with Crippen molar-refractivity contribution in [1.82, 2.24) is 0 Å². The average molecular weight is 186 g/mol. The van der Waals surface area contributed by atoms with Gasteiger partial charge in [-0.1, -0.05) is 6.92 Å². The van der Waals surface area contributed by atoms with Crippen LogP contribution in [0, 0.1) is 5.92 Å². The molecule has 0 aliphatic heterocycles. The van der Waals surface area contributed by atoms with Crippen LogP contribution in [0.1, 0.15) is 39.0 Å². The van der Waals surface area contributed by atoms with Crippen LogP contribution in [-0.4, -0.2) is 23.8 Å². The quantitative estimate of drug-likeness (QED) is 0.679. The van der Waals surface area contributed by atoms with Crippen LogP contribution >= 0.6 is 0 Å². The molecule has 1 aliphatic carbocycles. The number of ether oxygens (including phenoxy) is 1. The molecule has 76 valence electrons. The molecule has 0 atom stereocenters. The summed E-state index contributed by atoms with van der Waals surface area (Å²) < 4.78 is 5.21. The summed E-state index contributed by atoms with van der Waals surface area (Å²) >= 11 is 0. The molecule has 0 aromatic heterocycles. The number of esters is 1. The van der Waals surface area contributed by atoms with Gasteiger partial charge in [0.25, 0.3) is 0 Å². The smallest absolute Gasteiger partial charge is 0.305 e. The Kier molecular flexibility index (Phi) is 4.22. The van der Waals surface area contributed by atoms with Crippen LogP contribution in [0.25, 0.3) is 0 Å². The molecule has 0 aromatic rings. The van der Waals surface area contributed by atoms with Crippen LogP contribution in [0.5, 0.6) is 0 Å². The van der Waals surface area contributed by atoms with Gasteiger partial charge in [-0.2, -0.15) is 0 Å². The van der Waals surface area contributed by atoms with E-state index in [2.05, 4.69) is 0 Å². The third kappa shape index (κ3) is 3.35. The predicted octanol–water partition coefficient (Wildman–Crippen LogP) is 1.49. The minimum absolute atomic E-state index is 0.104. The first-order valence-corrected chi connectivity index (χ1v) is 5.06. The summed E-state index contributed by atoms with van der Waals surface area (Å²) in [6.07, 6.45) is 4.36. The molecule has 1 saturated carbocycles. The van der Waals surface area contributed by atoms with Gasteiger partial charge in [0.05, 0.1) is 0 Å². The number of carbonyl (C=O) groups excluding carboxylic acids is 1. The second kappa shape index (κ2) is 5.22. The highest BCUT2D eigenvalue weighted by Crippen LogP contribution is 2.25. The van der Waals surface area contributed by atoms with Crippen LogP contribution < -0.4 is 0 Å². The van der Waals surface area contributed by atoms with Gasteiger partial charge in [0, 0.05) is 13.0 Å². The van der Waals surface area contributed by atoms with E-state index in [1.807, 2.05) is 6.92 Å². The molecule has 0 bridgehead atoms. The van der Waals surface area contributed by atoms with E-state index in [1.54, 1.807) is 0 Å². The second-order valence-corrected chi connectivity index (χ2v) is 3.67. The van der Waals surface area contributed by atoms with E-state index < -0.39 is 0 Å². The van der Waals surface area contributed by atoms with Crippen LogP contribution in [0.4, 0.5) is 0 Å². The molecule has 1 rings (SSSR count). The zero-order chi connectivity index (χ0) is 9.68. The monoisotopic (exact) mass is 186 g/mol. The fourth-order valence-electron chi connectivity index (χ4n) is 1.70. The van der Waals surface area contributed by atoms with Crippen molar-refractivity contribution < 1.29 is 14.6 Å². The van der Waals surface area contributed by atoms with Crippen molar-refractivity contribution in [3.63, 3.8) is 0 Å². The number of aliphatic hydroxyl groups excluding tert-OH is 1. The van der Waals surface area contributed by atoms with Crippen molar-refractivity contribution in [2.75, 3.05) is 6.61 Å². The highest BCUT2D eigenvalue weighted by atomic mass is 16.5. The highest BCUT2D eigenvalue weighted by Gasteiger charge is 2.22. The molecule has 13 heavy (non-hydrogen) atoms. The lowest BCUT2D eigenvalue weighted by Crippen LogP contribution is -2.25. The number of aliphatic hydroxyl groups is 1. The summed E-state index contributed by atoms with van der Waals surface area (Å²) in [5, 5.41) is 8.90. The van der Waals surface area contributed by atoms with E-state index in [9.17, 15) is 4.79 Å². The molecule has 3 nitrogen and oxygen atoms in total. The number of hydrogen-bond acceptors (Lipinski definition) is 3. The van der Waals surface area contributed by atoms with Gasteiger partial charge >= 0.3 is 5.97 Å².